The Hall–Kier alpha value is -2.01. The topological polar surface area (TPSA) is 33.2 Å². The molecule has 0 atom stereocenters. The summed E-state index contributed by atoms with van der Waals surface area (Å²) in [5.41, 5.74) is 1.47. The maximum atomic E-state index is 13.2. The number of aromatic nitrogens is 1. The van der Waals surface area contributed by atoms with Crippen LogP contribution in [0.2, 0.25) is 5.02 Å². The van der Waals surface area contributed by atoms with Crippen LogP contribution in [0.3, 0.4) is 0 Å². The molecule has 0 aliphatic heterocycles. The van der Waals surface area contributed by atoms with E-state index in [0.29, 0.717) is 16.3 Å². The van der Waals surface area contributed by atoms with E-state index in [1.54, 1.807) is 20.0 Å². The summed E-state index contributed by atoms with van der Waals surface area (Å²) in [5.74, 6) is -2.20. The standard InChI is InChI=1S/C15H13ClF2N2O/c1-9-5-12(16)11(7-19-9)15(21)20(2)8-10-3-4-13(17)14(18)6-10/h3-7H,8H2,1-2H3. The van der Waals surface area contributed by atoms with E-state index in [4.69, 9.17) is 11.6 Å². The lowest BCUT2D eigenvalue weighted by atomic mass is 10.2. The summed E-state index contributed by atoms with van der Waals surface area (Å²) >= 11 is 6.02. The van der Waals surface area contributed by atoms with Crippen molar-refractivity contribution in [3.8, 4) is 0 Å². The van der Waals surface area contributed by atoms with Gasteiger partial charge >= 0.3 is 0 Å². The highest BCUT2D eigenvalue weighted by Gasteiger charge is 2.16. The van der Waals surface area contributed by atoms with Gasteiger partial charge in [0.05, 0.1) is 10.6 Å². The predicted octanol–water partition coefficient (Wildman–Crippen LogP) is 3.59. The van der Waals surface area contributed by atoms with E-state index in [9.17, 15) is 13.6 Å². The number of carbonyl (C=O) groups is 1. The number of amides is 1. The molecule has 0 unspecified atom stereocenters. The third kappa shape index (κ3) is 3.55. The van der Waals surface area contributed by atoms with Gasteiger partial charge < -0.3 is 4.90 Å². The molecule has 0 fully saturated rings. The Morgan fingerprint density at radius 2 is 2.00 bits per heavy atom. The van der Waals surface area contributed by atoms with Crippen LogP contribution in [0.4, 0.5) is 8.78 Å². The second-order valence-corrected chi connectivity index (χ2v) is 5.12. The molecule has 21 heavy (non-hydrogen) atoms. The number of hydrogen-bond donors (Lipinski definition) is 0. The first-order valence-electron chi connectivity index (χ1n) is 6.20. The first kappa shape index (κ1) is 15.4. The molecule has 3 nitrogen and oxygen atoms in total. The molecule has 0 saturated heterocycles. The lowest BCUT2D eigenvalue weighted by Crippen LogP contribution is -2.26. The average Bonchev–Trinajstić information content (AvgIpc) is 2.42. The number of halogens is 3. The van der Waals surface area contributed by atoms with E-state index < -0.39 is 11.6 Å². The number of aryl methyl sites for hydroxylation is 1. The molecule has 0 spiro atoms. The molecule has 0 bridgehead atoms. The van der Waals surface area contributed by atoms with Crippen LogP contribution in [0.5, 0.6) is 0 Å². The van der Waals surface area contributed by atoms with Crippen LogP contribution in [0.1, 0.15) is 21.6 Å². The van der Waals surface area contributed by atoms with Gasteiger partial charge in [0.15, 0.2) is 11.6 Å². The van der Waals surface area contributed by atoms with E-state index in [2.05, 4.69) is 4.98 Å². The smallest absolute Gasteiger partial charge is 0.256 e. The molecule has 110 valence electrons. The fourth-order valence-corrected chi connectivity index (χ4v) is 2.16. The van der Waals surface area contributed by atoms with Crippen LogP contribution < -0.4 is 0 Å². The monoisotopic (exact) mass is 310 g/mol. The van der Waals surface area contributed by atoms with Crippen molar-refractivity contribution in [1.82, 2.24) is 9.88 Å². The minimum absolute atomic E-state index is 0.139. The summed E-state index contributed by atoms with van der Waals surface area (Å²) in [6.07, 6.45) is 1.40. The first-order valence-corrected chi connectivity index (χ1v) is 6.58. The Kier molecular flexibility index (Phi) is 4.53. The van der Waals surface area contributed by atoms with Gasteiger partial charge in [0.2, 0.25) is 0 Å². The van der Waals surface area contributed by atoms with E-state index >= 15 is 0 Å². The van der Waals surface area contributed by atoms with Crippen molar-refractivity contribution >= 4 is 17.5 Å². The van der Waals surface area contributed by atoms with Gasteiger partial charge in [-0.15, -0.1) is 0 Å². The van der Waals surface area contributed by atoms with Crippen molar-refractivity contribution in [3.63, 3.8) is 0 Å². The molecule has 0 aliphatic rings. The summed E-state index contributed by atoms with van der Waals surface area (Å²) in [5, 5.41) is 0.310. The van der Waals surface area contributed by atoms with Gasteiger partial charge in [0.1, 0.15) is 0 Å². The molecule has 0 radical (unpaired) electrons. The molecule has 1 heterocycles. The third-order valence-corrected chi connectivity index (χ3v) is 3.28. The Balaban J connectivity index is 2.17. The molecule has 1 aromatic carbocycles. The maximum absolute atomic E-state index is 13.2. The van der Waals surface area contributed by atoms with Gasteiger partial charge in [-0.3, -0.25) is 9.78 Å². The Morgan fingerprint density at radius 3 is 2.62 bits per heavy atom. The quantitative estimate of drug-likeness (QED) is 0.868. The van der Waals surface area contributed by atoms with Crippen molar-refractivity contribution in [2.45, 2.75) is 13.5 Å². The maximum Gasteiger partial charge on any atom is 0.256 e. The number of benzene rings is 1. The van der Waals surface area contributed by atoms with Crippen molar-refractivity contribution < 1.29 is 13.6 Å². The van der Waals surface area contributed by atoms with Gasteiger partial charge in [-0.05, 0) is 30.7 Å². The van der Waals surface area contributed by atoms with Gasteiger partial charge in [0.25, 0.3) is 5.91 Å². The number of carbonyl (C=O) groups excluding carboxylic acids is 1. The molecule has 0 aliphatic carbocycles. The number of pyridine rings is 1. The minimum Gasteiger partial charge on any atom is -0.337 e. The largest absolute Gasteiger partial charge is 0.337 e. The molecule has 0 saturated carbocycles. The Labute approximate surface area is 126 Å². The summed E-state index contributed by atoms with van der Waals surface area (Å²) in [6.45, 7) is 1.91. The summed E-state index contributed by atoms with van der Waals surface area (Å²) in [7, 11) is 1.56. The minimum atomic E-state index is -0.941. The fourth-order valence-electron chi connectivity index (χ4n) is 1.87. The van der Waals surface area contributed by atoms with Crippen LogP contribution in [0.15, 0.2) is 30.5 Å². The van der Waals surface area contributed by atoms with E-state index in [1.165, 1.54) is 17.2 Å². The summed E-state index contributed by atoms with van der Waals surface area (Å²) in [6, 6.07) is 5.12. The zero-order chi connectivity index (χ0) is 15.6. The zero-order valence-corrected chi connectivity index (χ0v) is 12.3. The highest BCUT2D eigenvalue weighted by molar-refractivity contribution is 6.33. The molecule has 1 amide bonds. The second kappa shape index (κ2) is 6.18. The SMILES string of the molecule is Cc1cc(Cl)c(C(=O)N(C)Cc2ccc(F)c(F)c2)cn1. The molecule has 6 heteroatoms. The van der Waals surface area contributed by atoms with E-state index in [0.717, 1.165) is 12.1 Å². The number of hydrogen-bond acceptors (Lipinski definition) is 2. The second-order valence-electron chi connectivity index (χ2n) is 4.72. The van der Waals surface area contributed by atoms with Gasteiger partial charge in [-0.25, -0.2) is 8.78 Å². The highest BCUT2D eigenvalue weighted by Crippen LogP contribution is 2.18. The first-order chi connectivity index (χ1) is 9.88. The van der Waals surface area contributed by atoms with Crippen LogP contribution in [-0.4, -0.2) is 22.8 Å². The number of rotatable bonds is 3. The van der Waals surface area contributed by atoms with Crippen LogP contribution >= 0.6 is 11.6 Å². The molecule has 2 aromatic rings. The molecular weight excluding hydrogens is 298 g/mol. The Bertz CT molecular complexity index is 691. The normalized spacial score (nSPS) is 10.5. The van der Waals surface area contributed by atoms with Crippen molar-refractivity contribution in [2.75, 3.05) is 7.05 Å². The fraction of sp³-hybridized carbons (Fsp3) is 0.200. The van der Waals surface area contributed by atoms with Gasteiger partial charge in [0, 0.05) is 25.5 Å². The lowest BCUT2D eigenvalue weighted by molar-refractivity contribution is 0.0784. The average molecular weight is 311 g/mol. The van der Waals surface area contributed by atoms with E-state index in [1.807, 2.05) is 0 Å². The van der Waals surface area contributed by atoms with Crippen molar-refractivity contribution in [1.29, 1.82) is 0 Å². The van der Waals surface area contributed by atoms with Crippen molar-refractivity contribution in [2.24, 2.45) is 0 Å². The molecule has 0 N–H and O–H groups in total. The zero-order valence-electron chi connectivity index (χ0n) is 11.5. The summed E-state index contributed by atoms with van der Waals surface area (Å²) < 4.78 is 26.0. The predicted molar refractivity (Wildman–Crippen MR) is 76.1 cm³/mol. The van der Waals surface area contributed by atoms with Gasteiger partial charge in [-0.1, -0.05) is 17.7 Å². The summed E-state index contributed by atoms with van der Waals surface area (Å²) in [4.78, 5) is 17.7. The van der Waals surface area contributed by atoms with Crippen LogP contribution in [-0.2, 0) is 6.54 Å². The van der Waals surface area contributed by atoms with Crippen LogP contribution in [0.25, 0.3) is 0 Å². The highest BCUT2D eigenvalue weighted by atomic mass is 35.5. The molecule has 2 rings (SSSR count). The Morgan fingerprint density at radius 1 is 1.29 bits per heavy atom. The van der Waals surface area contributed by atoms with E-state index in [-0.39, 0.29) is 18.0 Å². The number of nitrogens with zero attached hydrogens (tertiary/aromatic N) is 2. The van der Waals surface area contributed by atoms with Crippen molar-refractivity contribution in [3.05, 3.63) is 63.9 Å². The van der Waals surface area contributed by atoms with Gasteiger partial charge in [-0.2, -0.15) is 0 Å². The molecular formula is C15H13ClF2N2O. The lowest BCUT2D eigenvalue weighted by Gasteiger charge is -2.18. The third-order valence-electron chi connectivity index (χ3n) is 2.97. The molecule has 1 aromatic heterocycles. The van der Waals surface area contributed by atoms with Crippen LogP contribution in [0, 0.1) is 18.6 Å².